The van der Waals surface area contributed by atoms with E-state index >= 15 is 0 Å². The normalized spacial score (nSPS) is 11.1. The molecule has 7 heteroatoms. The Labute approximate surface area is 168 Å². The van der Waals surface area contributed by atoms with Crippen LogP contribution in [-0.2, 0) is 0 Å². The van der Waals surface area contributed by atoms with Crippen LogP contribution in [0.25, 0.3) is 10.7 Å². The largest absolute Gasteiger partial charge is 0.347 e. The van der Waals surface area contributed by atoms with E-state index in [-0.39, 0.29) is 17.4 Å². The number of anilines is 1. The molecule has 3 rings (SSSR count). The van der Waals surface area contributed by atoms with Crippen molar-refractivity contribution in [2.45, 2.75) is 33.2 Å². The maximum absolute atomic E-state index is 12.7. The molecule has 0 bridgehead atoms. The zero-order chi connectivity index (χ0) is 20.3. The van der Waals surface area contributed by atoms with Crippen molar-refractivity contribution in [1.82, 2.24) is 15.3 Å². The second-order valence-corrected chi connectivity index (χ2v) is 8.39. The van der Waals surface area contributed by atoms with Gasteiger partial charge in [0.1, 0.15) is 9.88 Å². The Bertz CT molecular complexity index is 1010. The molecule has 0 saturated heterocycles. The predicted octanol–water partition coefficient (Wildman–Crippen LogP) is 4.29. The molecular weight excluding hydrogens is 372 g/mol. The lowest BCUT2D eigenvalue weighted by molar-refractivity contribution is 0.0918. The molecule has 0 atom stereocenters. The van der Waals surface area contributed by atoms with Crippen molar-refractivity contribution < 1.29 is 9.59 Å². The van der Waals surface area contributed by atoms with Gasteiger partial charge in [0, 0.05) is 23.0 Å². The summed E-state index contributed by atoms with van der Waals surface area (Å²) in [6.45, 7) is 7.55. The van der Waals surface area contributed by atoms with Gasteiger partial charge in [0.15, 0.2) is 0 Å². The van der Waals surface area contributed by atoms with E-state index in [1.807, 2.05) is 39.0 Å². The molecule has 6 nitrogen and oxygen atoms in total. The van der Waals surface area contributed by atoms with Gasteiger partial charge in [-0.3, -0.25) is 14.6 Å². The molecule has 2 aromatic heterocycles. The Hall–Kier alpha value is -3.06. The zero-order valence-corrected chi connectivity index (χ0v) is 17.1. The first kappa shape index (κ1) is 19.7. The van der Waals surface area contributed by atoms with Crippen LogP contribution in [0.1, 0.15) is 46.5 Å². The molecule has 1 aromatic carbocycles. The Morgan fingerprint density at radius 3 is 2.50 bits per heavy atom. The summed E-state index contributed by atoms with van der Waals surface area (Å²) in [7, 11) is 0. The fourth-order valence-electron chi connectivity index (χ4n) is 2.54. The van der Waals surface area contributed by atoms with Crippen LogP contribution in [0, 0.1) is 6.92 Å². The van der Waals surface area contributed by atoms with Gasteiger partial charge in [-0.05, 0) is 58.0 Å². The second kappa shape index (κ2) is 7.90. The number of aryl methyl sites for hydroxylation is 1. The second-order valence-electron chi connectivity index (χ2n) is 7.39. The van der Waals surface area contributed by atoms with Crippen LogP contribution in [0.3, 0.4) is 0 Å². The number of thiazole rings is 1. The average molecular weight is 395 g/mol. The Balaban J connectivity index is 1.78. The van der Waals surface area contributed by atoms with Crippen molar-refractivity contribution in [3.05, 3.63) is 64.8 Å². The maximum Gasteiger partial charge on any atom is 0.267 e. The number of rotatable bonds is 4. The standard InChI is InChI=1S/C21H22N4O2S/c1-13-17(28-20(23-13)16-10-5-6-11-22-16)19(27)24-15-9-7-8-14(12-15)18(26)25-21(2,3)4/h5-12H,1-4H3,(H,24,27)(H,25,26). The van der Waals surface area contributed by atoms with Gasteiger partial charge >= 0.3 is 0 Å². The van der Waals surface area contributed by atoms with Crippen molar-refractivity contribution in [1.29, 1.82) is 0 Å². The highest BCUT2D eigenvalue weighted by Gasteiger charge is 2.18. The Morgan fingerprint density at radius 1 is 1.04 bits per heavy atom. The van der Waals surface area contributed by atoms with Crippen molar-refractivity contribution in [2.75, 3.05) is 5.32 Å². The van der Waals surface area contributed by atoms with Crippen molar-refractivity contribution in [3.63, 3.8) is 0 Å². The van der Waals surface area contributed by atoms with Crippen LogP contribution in [0.4, 0.5) is 5.69 Å². The third kappa shape index (κ3) is 4.80. The van der Waals surface area contributed by atoms with Crippen LogP contribution in [0.5, 0.6) is 0 Å². The highest BCUT2D eigenvalue weighted by molar-refractivity contribution is 7.17. The van der Waals surface area contributed by atoms with Crippen LogP contribution in [-0.4, -0.2) is 27.3 Å². The Kier molecular flexibility index (Phi) is 5.56. The van der Waals surface area contributed by atoms with Gasteiger partial charge in [0.25, 0.3) is 11.8 Å². The molecule has 0 radical (unpaired) electrons. The summed E-state index contributed by atoms with van der Waals surface area (Å²) < 4.78 is 0. The third-order valence-electron chi connectivity index (χ3n) is 3.76. The van der Waals surface area contributed by atoms with E-state index in [9.17, 15) is 9.59 Å². The van der Waals surface area contributed by atoms with Crippen molar-refractivity contribution in [3.8, 4) is 10.7 Å². The number of nitrogens with one attached hydrogen (secondary N) is 2. The number of aromatic nitrogens is 2. The van der Waals surface area contributed by atoms with Gasteiger partial charge in [0.2, 0.25) is 0 Å². The van der Waals surface area contributed by atoms with E-state index in [2.05, 4.69) is 20.6 Å². The van der Waals surface area contributed by atoms with Gasteiger partial charge in [-0.25, -0.2) is 4.98 Å². The summed E-state index contributed by atoms with van der Waals surface area (Å²) in [4.78, 5) is 34.3. The summed E-state index contributed by atoms with van der Waals surface area (Å²) in [5.74, 6) is -0.444. The number of benzene rings is 1. The first-order chi connectivity index (χ1) is 13.2. The van der Waals surface area contributed by atoms with E-state index in [1.165, 1.54) is 11.3 Å². The lowest BCUT2D eigenvalue weighted by atomic mass is 10.1. The topological polar surface area (TPSA) is 84.0 Å². The molecule has 2 amide bonds. The molecule has 0 aliphatic rings. The number of hydrogen-bond donors (Lipinski definition) is 2. The molecule has 0 saturated carbocycles. The van der Waals surface area contributed by atoms with Gasteiger partial charge in [-0.1, -0.05) is 12.1 Å². The molecule has 2 heterocycles. The molecule has 0 aliphatic heterocycles. The van der Waals surface area contributed by atoms with Crippen LogP contribution in [0.15, 0.2) is 48.7 Å². The summed E-state index contributed by atoms with van der Waals surface area (Å²) >= 11 is 1.29. The SMILES string of the molecule is Cc1nc(-c2ccccn2)sc1C(=O)Nc1cccc(C(=O)NC(C)(C)C)c1. The van der Waals surface area contributed by atoms with Gasteiger partial charge < -0.3 is 10.6 Å². The van der Waals surface area contributed by atoms with Gasteiger partial charge in [0.05, 0.1) is 11.4 Å². The third-order valence-corrected chi connectivity index (χ3v) is 4.94. The number of nitrogens with zero attached hydrogens (tertiary/aromatic N) is 2. The van der Waals surface area contributed by atoms with E-state index in [4.69, 9.17) is 0 Å². The summed E-state index contributed by atoms with van der Waals surface area (Å²) in [5, 5.41) is 6.46. The van der Waals surface area contributed by atoms with Crippen molar-refractivity contribution in [2.24, 2.45) is 0 Å². The van der Waals surface area contributed by atoms with Crippen LogP contribution >= 0.6 is 11.3 Å². The van der Waals surface area contributed by atoms with Crippen LogP contribution in [0.2, 0.25) is 0 Å². The summed E-state index contributed by atoms with van der Waals surface area (Å²) in [5.41, 5.74) is 2.08. The number of carbonyl (C=O) groups excluding carboxylic acids is 2. The fourth-order valence-corrected chi connectivity index (χ4v) is 3.48. The van der Waals surface area contributed by atoms with E-state index in [0.29, 0.717) is 26.8 Å². The highest BCUT2D eigenvalue weighted by atomic mass is 32.1. The Morgan fingerprint density at radius 2 is 1.82 bits per heavy atom. The molecule has 144 valence electrons. The molecular formula is C21H22N4O2S. The minimum Gasteiger partial charge on any atom is -0.347 e. The average Bonchev–Trinajstić information content (AvgIpc) is 3.03. The number of amides is 2. The van der Waals surface area contributed by atoms with E-state index in [0.717, 1.165) is 5.69 Å². The van der Waals surface area contributed by atoms with E-state index < -0.39 is 0 Å². The monoisotopic (exact) mass is 394 g/mol. The molecule has 0 spiro atoms. The number of hydrogen-bond acceptors (Lipinski definition) is 5. The molecule has 28 heavy (non-hydrogen) atoms. The van der Waals surface area contributed by atoms with E-state index in [1.54, 1.807) is 37.4 Å². The minimum atomic E-state index is -0.335. The number of carbonyl (C=O) groups is 2. The van der Waals surface area contributed by atoms with Crippen LogP contribution < -0.4 is 10.6 Å². The quantitative estimate of drug-likeness (QED) is 0.691. The molecule has 3 aromatic rings. The number of pyridine rings is 1. The zero-order valence-electron chi connectivity index (χ0n) is 16.2. The summed E-state index contributed by atoms with van der Waals surface area (Å²) in [6.07, 6.45) is 1.69. The predicted molar refractivity (Wildman–Crippen MR) is 112 cm³/mol. The smallest absolute Gasteiger partial charge is 0.267 e. The highest BCUT2D eigenvalue weighted by Crippen LogP contribution is 2.27. The lowest BCUT2D eigenvalue weighted by Crippen LogP contribution is -2.40. The first-order valence-corrected chi connectivity index (χ1v) is 9.67. The minimum absolute atomic E-state index is 0.185. The molecule has 0 fully saturated rings. The van der Waals surface area contributed by atoms with Gasteiger partial charge in [-0.15, -0.1) is 11.3 Å². The van der Waals surface area contributed by atoms with Crippen molar-refractivity contribution >= 4 is 28.8 Å². The molecule has 0 unspecified atom stereocenters. The summed E-state index contributed by atoms with van der Waals surface area (Å²) in [6, 6.07) is 12.4. The fraction of sp³-hybridized carbons (Fsp3) is 0.238. The maximum atomic E-state index is 12.7. The lowest BCUT2D eigenvalue weighted by Gasteiger charge is -2.20. The van der Waals surface area contributed by atoms with Gasteiger partial charge in [-0.2, -0.15) is 0 Å². The molecule has 2 N–H and O–H groups in total. The first-order valence-electron chi connectivity index (χ1n) is 8.86. The molecule has 0 aliphatic carbocycles.